The maximum atomic E-state index is 12.6. The zero-order valence-electron chi connectivity index (χ0n) is 29.9. The largest absolute Gasteiger partial charge is 0.493 e. The molecule has 6 aromatic rings. The molecule has 2 aliphatic heterocycles. The van der Waals surface area contributed by atoms with Crippen molar-refractivity contribution in [2.45, 2.75) is 25.9 Å². The van der Waals surface area contributed by atoms with Crippen molar-refractivity contribution in [3.05, 3.63) is 126 Å². The molecule has 0 spiro atoms. The quantitative estimate of drug-likeness (QED) is 0.147. The van der Waals surface area contributed by atoms with Gasteiger partial charge in [-0.2, -0.15) is 9.97 Å². The molecule has 0 aliphatic carbocycles. The molecule has 4 heterocycles. The number of para-hydroxylation sites is 1. The van der Waals surface area contributed by atoms with Crippen LogP contribution in [0.2, 0.25) is 5.02 Å². The lowest BCUT2D eigenvalue weighted by Crippen LogP contribution is -2.28. The van der Waals surface area contributed by atoms with Gasteiger partial charge in [-0.1, -0.05) is 29.8 Å². The summed E-state index contributed by atoms with van der Waals surface area (Å²) in [6.07, 6.45) is 1.47. The standard InChI is InChI=1S/C20H18ClN3O3.C20H18IN3O3/c1-26-17-8-12-6-7-24-16(15(12)10-18(17)27-2)11-19(23-20(24)25)22-14-5-3-4-13(21)9-14;1-26-17-9-12-7-8-24-16(13(12)10-18(17)27-2)11-19(23-20(24)25)22-15-6-4-3-5-14(15)21/h3-5,8-11H,6-7H2,1-2H3,(H,22,23,25);3-6,9-11H,7-8H2,1-2H3,(H,22,23,25). The van der Waals surface area contributed by atoms with Crippen molar-refractivity contribution in [1.29, 1.82) is 0 Å². The molecular weight excluding hydrogens is 823 g/mol. The molecule has 0 fully saturated rings. The molecule has 54 heavy (non-hydrogen) atoms. The zero-order chi connectivity index (χ0) is 37.9. The second kappa shape index (κ2) is 15.8. The highest BCUT2D eigenvalue weighted by Crippen LogP contribution is 2.40. The number of nitrogens with zero attached hydrogens (tertiary/aromatic N) is 4. The lowest BCUT2D eigenvalue weighted by molar-refractivity contribution is 0.354. The predicted octanol–water partition coefficient (Wildman–Crippen LogP) is 7.71. The van der Waals surface area contributed by atoms with Gasteiger partial charge in [0.15, 0.2) is 23.0 Å². The Morgan fingerprint density at radius 2 is 1.13 bits per heavy atom. The smallest absolute Gasteiger partial charge is 0.350 e. The fourth-order valence-electron chi connectivity index (χ4n) is 6.63. The third kappa shape index (κ3) is 7.46. The van der Waals surface area contributed by atoms with Gasteiger partial charge in [0.05, 0.1) is 45.5 Å². The first-order valence-electron chi connectivity index (χ1n) is 17.0. The number of rotatable bonds is 8. The summed E-state index contributed by atoms with van der Waals surface area (Å²) in [6, 6.07) is 26.7. The van der Waals surface area contributed by atoms with E-state index in [9.17, 15) is 9.59 Å². The fraction of sp³-hybridized carbons (Fsp3) is 0.200. The molecular formula is C40H36ClIN6O6. The molecule has 0 atom stereocenters. The number of nitrogens with one attached hydrogen (secondary N) is 2. The van der Waals surface area contributed by atoms with E-state index in [1.165, 1.54) is 0 Å². The van der Waals surface area contributed by atoms with Gasteiger partial charge in [0, 0.05) is 50.6 Å². The topological polar surface area (TPSA) is 131 Å². The van der Waals surface area contributed by atoms with Gasteiger partial charge in [-0.3, -0.25) is 9.13 Å². The monoisotopic (exact) mass is 858 g/mol. The van der Waals surface area contributed by atoms with E-state index in [1.54, 1.807) is 49.7 Å². The van der Waals surface area contributed by atoms with E-state index in [-0.39, 0.29) is 11.4 Å². The van der Waals surface area contributed by atoms with E-state index in [1.807, 2.05) is 72.8 Å². The van der Waals surface area contributed by atoms with Gasteiger partial charge in [-0.15, -0.1) is 0 Å². The summed E-state index contributed by atoms with van der Waals surface area (Å²) in [4.78, 5) is 33.5. The van der Waals surface area contributed by atoms with Crippen molar-refractivity contribution >= 4 is 57.2 Å². The summed E-state index contributed by atoms with van der Waals surface area (Å²) in [5, 5.41) is 7.02. The molecule has 0 saturated heterocycles. The highest BCUT2D eigenvalue weighted by Gasteiger charge is 2.23. The summed E-state index contributed by atoms with van der Waals surface area (Å²) in [5.74, 6) is 3.63. The van der Waals surface area contributed by atoms with Gasteiger partial charge in [0.1, 0.15) is 11.6 Å². The molecule has 0 amide bonds. The number of hydrogen-bond acceptors (Lipinski definition) is 10. The average molecular weight is 859 g/mol. The number of halogens is 2. The lowest BCUT2D eigenvalue weighted by Gasteiger charge is -2.23. The Kier molecular flexibility index (Phi) is 10.8. The summed E-state index contributed by atoms with van der Waals surface area (Å²) < 4.78 is 26.1. The van der Waals surface area contributed by atoms with Crippen LogP contribution in [0.1, 0.15) is 11.1 Å². The number of aryl methyl sites for hydroxylation is 2. The molecule has 8 rings (SSSR count). The van der Waals surface area contributed by atoms with Gasteiger partial charge in [-0.05, 0) is 101 Å². The van der Waals surface area contributed by atoms with Crippen LogP contribution in [0, 0.1) is 3.57 Å². The maximum absolute atomic E-state index is 12.6. The summed E-state index contributed by atoms with van der Waals surface area (Å²) >= 11 is 8.29. The molecule has 12 nitrogen and oxygen atoms in total. The third-order valence-corrected chi connectivity index (χ3v) is 10.4. The highest BCUT2D eigenvalue weighted by atomic mass is 127. The van der Waals surface area contributed by atoms with Crippen LogP contribution in [0.3, 0.4) is 0 Å². The van der Waals surface area contributed by atoms with Crippen LogP contribution in [-0.4, -0.2) is 47.5 Å². The van der Waals surface area contributed by atoms with Crippen molar-refractivity contribution in [2.75, 3.05) is 39.1 Å². The fourth-order valence-corrected chi connectivity index (χ4v) is 7.34. The van der Waals surface area contributed by atoms with Crippen LogP contribution in [0.5, 0.6) is 23.0 Å². The summed E-state index contributed by atoms with van der Waals surface area (Å²) in [7, 11) is 6.44. The Morgan fingerprint density at radius 3 is 1.63 bits per heavy atom. The molecule has 0 unspecified atom stereocenters. The van der Waals surface area contributed by atoms with Crippen LogP contribution in [0.25, 0.3) is 22.5 Å². The molecule has 0 bridgehead atoms. The molecule has 14 heteroatoms. The first-order chi connectivity index (χ1) is 26.2. The van der Waals surface area contributed by atoms with Gasteiger partial charge < -0.3 is 29.6 Å². The SMILES string of the molecule is COc1cc2c(cc1OC)-c1cc(Nc3cccc(Cl)c3)nc(=O)n1CC2.COc1cc2c(cc1OC)-c1cc(Nc3ccccc3I)nc(=O)n1CC2. The number of ether oxygens (including phenoxy) is 4. The first kappa shape index (κ1) is 36.8. The second-order valence-electron chi connectivity index (χ2n) is 12.4. The van der Waals surface area contributed by atoms with E-state index < -0.39 is 0 Å². The molecule has 276 valence electrons. The van der Waals surface area contributed by atoms with Crippen LogP contribution in [0.15, 0.2) is 94.5 Å². The van der Waals surface area contributed by atoms with Gasteiger partial charge in [0.2, 0.25) is 0 Å². The Morgan fingerprint density at radius 1 is 0.630 bits per heavy atom. The van der Waals surface area contributed by atoms with E-state index in [2.05, 4.69) is 43.2 Å². The number of hydrogen-bond donors (Lipinski definition) is 2. The minimum Gasteiger partial charge on any atom is -0.493 e. The van der Waals surface area contributed by atoms with E-state index in [0.29, 0.717) is 52.7 Å². The van der Waals surface area contributed by atoms with Crippen molar-refractivity contribution in [2.24, 2.45) is 0 Å². The van der Waals surface area contributed by atoms with Crippen molar-refractivity contribution < 1.29 is 18.9 Å². The number of anilines is 4. The second-order valence-corrected chi connectivity index (χ2v) is 14.0. The Hall–Kier alpha value is -5.54. The molecule has 2 aliphatic rings. The number of methoxy groups -OCH3 is 4. The van der Waals surface area contributed by atoms with E-state index >= 15 is 0 Å². The van der Waals surface area contributed by atoms with Crippen molar-refractivity contribution in [3.8, 4) is 45.5 Å². The van der Waals surface area contributed by atoms with Crippen molar-refractivity contribution in [3.63, 3.8) is 0 Å². The summed E-state index contributed by atoms with van der Waals surface area (Å²) in [6.45, 7) is 1.16. The zero-order valence-corrected chi connectivity index (χ0v) is 32.8. The Bertz CT molecular complexity index is 2500. The lowest BCUT2D eigenvalue weighted by atomic mass is 9.97. The number of fused-ring (bicyclic) bond motifs is 6. The van der Waals surface area contributed by atoms with Crippen LogP contribution in [-0.2, 0) is 25.9 Å². The van der Waals surface area contributed by atoms with Gasteiger partial charge in [-0.25, -0.2) is 9.59 Å². The molecule has 2 aromatic heterocycles. The highest BCUT2D eigenvalue weighted by molar-refractivity contribution is 14.1. The van der Waals surface area contributed by atoms with E-state index in [4.69, 9.17) is 30.5 Å². The van der Waals surface area contributed by atoms with E-state index in [0.717, 1.165) is 61.4 Å². The number of benzene rings is 4. The summed E-state index contributed by atoms with van der Waals surface area (Å²) in [5.41, 5.74) is 6.87. The predicted molar refractivity (Wildman–Crippen MR) is 219 cm³/mol. The Balaban J connectivity index is 0.000000167. The van der Waals surface area contributed by atoms with Gasteiger partial charge in [0.25, 0.3) is 0 Å². The average Bonchev–Trinajstić information content (AvgIpc) is 3.17. The first-order valence-corrected chi connectivity index (χ1v) is 18.4. The minimum atomic E-state index is -0.294. The van der Waals surface area contributed by atoms with Crippen molar-refractivity contribution in [1.82, 2.24) is 19.1 Å². The molecule has 4 aromatic carbocycles. The minimum absolute atomic E-state index is 0.263. The Labute approximate surface area is 329 Å². The molecule has 2 N–H and O–H groups in total. The van der Waals surface area contributed by atoms with Gasteiger partial charge >= 0.3 is 11.4 Å². The normalized spacial score (nSPS) is 12.1. The number of aromatic nitrogens is 4. The van der Waals surface area contributed by atoms with Crippen LogP contribution in [0.4, 0.5) is 23.0 Å². The maximum Gasteiger partial charge on any atom is 0.350 e. The molecule has 0 saturated carbocycles. The third-order valence-electron chi connectivity index (χ3n) is 9.24. The van der Waals surface area contributed by atoms with Crippen LogP contribution < -0.4 is 41.0 Å². The molecule has 0 radical (unpaired) electrons. The van der Waals surface area contributed by atoms with Crippen LogP contribution >= 0.6 is 34.2 Å².